The lowest BCUT2D eigenvalue weighted by atomic mass is 10.5. The van der Waals surface area contributed by atoms with E-state index in [-0.39, 0.29) is 0 Å². The zero-order valence-corrected chi connectivity index (χ0v) is 12.1. The lowest BCUT2D eigenvalue weighted by Crippen LogP contribution is -1.88. The van der Waals surface area contributed by atoms with Gasteiger partial charge >= 0.3 is 0 Å². The zero-order chi connectivity index (χ0) is 12.9. The van der Waals surface area contributed by atoms with Gasteiger partial charge in [-0.05, 0) is 29.2 Å². The second kappa shape index (κ2) is 11.1. The molecule has 0 aliphatic heterocycles. The van der Waals surface area contributed by atoms with Crippen molar-refractivity contribution in [2.75, 3.05) is 23.0 Å². The number of anilines is 2. The molecule has 5 heteroatoms. The molecular weight excluding hydrogens is 327 g/mol. The molecule has 3 N–H and O–H groups in total. The van der Waals surface area contributed by atoms with Gasteiger partial charge in [0.2, 0.25) is 0 Å². The second-order valence-corrected chi connectivity index (χ2v) is 2.72. The molecule has 0 atom stereocenters. The van der Waals surface area contributed by atoms with Gasteiger partial charge in [-0.25, -0.2) is 9.97 Å². The lowest BCUT2D eigenvalue weighted by Gasteiger charge is -1.92. The maximum Gasteiger partial charge on any atom is 0.125 e. The van der Waals surface area contributed by atoms with Crippen molar-refractivity contribution >= 4 is 34.2 Å². The standard InChI is InChI=1S/C6H8N2.C5H6N2.CH3I/c1-7-6-4-2-3-5-8-6;6-5-3-1-2-4-7-5;1-2/h2-5H,1H3,(H,7,8);1-4H,(H2,6,7);1H3. The molecule has 2 aromatic heterocycles. The maximum absolute atomic E-state index is 5.25. The third-order valence-corrected chi connectivity index (χ3v) is 1.61. The first-order valence-electron chi connectivity index (χ1n) is 4.96. The zero-order valence-electron chi connectivity index (χ0n) is 9.97. The lowest BCUT2D eigenvalue weighted by molar-refractivity contribution is 1.29. The minimum Gasteiger partial charge on any atom is -0.384 e. The Balaban J connectivity index is 0.000000265. The third-order valence-electron chi connectivity index (χ3n) is 1.61. The summed E-state index contributed by atoms with van der Waals surface area (Å²) in [6.45, 7) is 0. The molecule has 0 aliphatic rings. The fourth-order valence-corrected chi connectivity index (χ4v) is 0.887. The summed E-state index contributed by atoms with van der Waals surface area (Å²) in [4.78, 5) is 9.71. The highest BCUT2D eigenvalue weighted by Gasteiger charge is 1.79. The Hall–Kier alpha value is -1.37. The van der Waals surface area contributed by atoms with Crippen LogP contribution in [0.25, 0.3) is 0 Å². The Kier molecular flexibility index (Phi) is 10.2. The van der Waals surface area contributed by atoms with Crippen molar-refractivity contribution in [3.05, 3.63) is 48.8 Å². The number of alkyl halides is 1. The fraction of sp³-hybridized carbons (Fsp3) is 0.167. The first-order chi connectivity index (χ1) is 8.33. The van der Waals surface area contributed by atoms with Crippen molar-refractivity contribution in [1.82, 2.24) is 9.97 Å². The van der Waals surface area contributed by atoms with E-state index in [4.69, 9.17) is 5.73 Å². The number of nitrogens with two attached hydrogens (primary N) is 1. The minimum atomic E-state index is 0.572. The van der Waals surface area contributed by atoms with Gasteiger partial charge in [0.05, 0.1) is 0 Å². The smallest absolute Gasteiger partial charge is 0.125 e. The predicted octanol–water partition coefficient (Wildman–Crippen LogP) is 2.84. The third kappa shape index (κ3) is 8.44. The molecule has 0 bridgehead atoms. The van der Waals surface area contributed by atoms with E-state index in [1.165, 1.54) is 0 Å². The van der Waals surface area contributed by atoms with Crippen LogP contribution >= 0.6 is 22.6 Å². The molecule has 0 aliphatic carbocycles. The number of nitrogens with zero attached hydrogens (tertiary/aromatic N) is 2. The SMILES string of the molecule is CI.CNc1ccccn1.Nc1ccccn1. The minimum absolute atomic E-state index is 0.572. The number of nitrogen functional groups attached to an aromatic ring is 1. The van der Waals surface area contributed by atoms with E-state index >= 15 is 0 Å². The Morgan fingerprint density at radius 3 is 1.82 bits per heavy atom. The first kappa shape index (κ1) is 15.6. The molecule has 0 spiro atoms. The molecule has 0 saturated carbocycles. The summed E-state index contributed by atoms with van der Waals surface area (Å²) < 4.78 is 0. The normalized spacial score (nSPS) is 7.94. The van der Waals surface area contributed by atoms with Crippen molar-refractivity contribution in [2.24, 2.45) is 0 Å². The van der Waals surface area contributed by atoms with E-state index in [1.807, 2.05) is 42.3 Å². The first-order valence-corrected chi connectivity index (χ1v) is 7.12. The van der Waals surface area contributed by atoms with Crippen molar-refractivity contribution in [1.29, 1.82) is 0 Å². The highest BCUT2D eigenvalue weighted by Crippen LogP contribution is 1.95. The van der Waals surface area contributed by atoms with Crippen molar-refractivity contribution in [2.45, 2.75) is 0 Å². The summed E-state index contributed by atoms with van der Waals surface area (Å²) in [7, 11) is 1.85. The van der Waals surface area contributed by atoms with Gasteiger partial charge in [0.1, 0.15) is 11.6 Å². The predicted molar refractivity (Wildman–Crippen MR) is 82.4 cm³/mol. The number of aromatic nitrogens is 2. The molecule has 0 fully saturated rings. The molecule has 0 unspecified atom stereocenters. The summed E-state index contributed by atoms with van der Waals surface area (Å²) in [6, 6.07) is 11.2. The Bertz CT molecular complexity index is 367. The summed E-state index contributed by atoms with van der Waals surface area (Å²) in [5.74, 6) is 1.48. The van der Waals surface area contributed by atoms with E-state index in [0.29, 0.717) is 5.82 Å². The van der Waals surface area contributed by atoms with Crippen LogP contribution in [0.5, 0.6) is 0 Å². The average Bonchev–Trinajstić information content (AvgIpc) is 2.43. The highest BCUT2D eigenvalue weighted by molar-refractivity contribution is 14.1. The molecule has 0 saturated heterocycles. The van der Waals surface area contributed by atoms with E-state index in [1.54, 1.807) is 18.5 Å². The van der Waals surface area contributed by atoms with Crippen LogP contribution in [0.4, 0.5) is 11.6 Å². The summed E-state index contributed by atoms with van der Waals surface area (Å²) in [5, 5.41) is 2.92. The Morgan fingerprint density at radius 2 is 1.59 bits per heavy atom. The van der Waals surface area contributed by atoms with Crippen molar-refractivity contribution in [3.63, 3.8) is 0 Å². The monoisotopic (exact) mass is 344 g/mol. The Labute approximate surface area is 116 Å². The van der Waals surface area contributed by atoms with Gasteiger partial charge in [-0.2, -0.15) is 0 Å². The van der Waals surface area contributed by atoms with E-state index in [9.17, 15) is 0 Å². The van der Waals surface area contributed by atoms with Gasteiger partial charge in [-0.15, -0.1) is 0 Å². The van der Waals surface area contributed by atoms with E-state index in [2.05, 4.69) is 37.9 Å². The van der Waals surface area contributed by atoms with Crippen LogP contribution in [-0.2, 0) is 0 Å². The number of rotatable bonds is 1. The maximum atomic E-state index is 5.25. The quantitative estimate of drug-likeness (QED) is 0.617. The molecule has 2 rings (SSSR count). The van der Waals surface area contributed by atoms with Crippen LogP contribution in [0.1, 0.15) is 0 Å². The van der Waals surface area contributed by atoms with Crippen LogP contribution in [0.2, 0.25) is 0 Å². The summed E-state index contributed by atoms with van der Waals surface area (Å²) >= 11 is 2.15. The number of pyridine rings is 2. The van der Waals surface area contributed by atoms with Gasteiger partial charge in [-0.3, -0.25) is 0 Å². The van der Waals surface area contributed by atoms with Crippen molar-refractivity contribution < 1.29 is 0 Å². The van der Waals surface area contributed by atoms with E-state index < -0.39 is 0 Å². The van der Waals surface area contributed by atoms with Gasteiger partial charge in [-0.1, -0.05) is 34.7 Å². The molecule has 2 aromatic rings. The fourth-order valence-electron chi connectivity index (χ4n) is 0.887. The number of halogens is 1. The second-order valence-electron chi connectivity index (χ2n) is 2.72. The van der Waals surface area contributed by atoms with E-state index in [0.717, 1.165) is 5.82 Å². The van der Waals surface area contributed by atoms with Crippen LogP contribution in [0, 0.1) is 0 Å². The van der Waals surface area contributed by atoms with Gasteiger partial charge in [0.15, 0.2) is 0 Å². The molecular formula is C12H17IN4. The number of hydrogen-bond donors (Lipinski definition) is 2. The van der Waals surface area contributed by atoms with Gasteiger partial charge in [0.25, 0.3) is 0 Å². The average molecular weight is 344 g/mol. The summed E-state index contributed by atoms with van der Waals surface area (Å²) in [6.07, 6.45) is 3.42. The summed E-state index contributed by atoms with van der Waals surface area (Å²) in [5.41, 5.74) is 5.25. The van der Waals surface area contributed by atoms with Crippen LogP contribution in [0.3, 0.4) is 0 Å². The van der Waals surface area contributed by atoms with Crippen LogP contribution < -0.4 is 11.1 Å². The number of nitrogens with one attached hydrogen (secondary N) is 1. The van der Waals surface area contributed by atoms with Crippen molar-refractivity contribution in [3.8, 4) is 0 Å². The van der Waals surface area contributed by atoms with Crippen LogP contribution in [-0.4, -0.2) is 21.9 Å². The molecule has 0 aromatic carbocycles. The molecule has 0 radical (unpaired) electrons. The molecule has 92 valence electrons. The highest BCUT2D eigenvalue weighted by atomic mass is 127. The molecule has 0 amide bonds. The molecule has 2 heterocycles. The molecule has 4 nitrogen and oxygen atoms in total. The van der Waals surface area contributed by atoms with Crippen LogP contribution in [0.15, 0.2) is 48.8 Å². The Morgan fingerprint density at radius 1 is 1.00 bits per heavy atom. The molecule has 17 heavy (non-hydrogen) atoms. The number of hydrogen-bond acceptors (Lipinski definition) is 4. The topological polar surface area (TPSA) is 63.8 Å². The van der Waals surface area contributed by atoms with Gasteiger partial charge < -0.3 is 11.1 Å². The largest absolute Gasteiger partial charge is 0.384 e. The van der Waals surface area contributed by atoms with Gasteiger partial charge in [0, 0.05) is 19.4 Å².